The molecule has 0 spiro atoms. The minimum absolute atomic E-state index is 0.0397. The lowest BCUT2D eigenvalue weighted by Crippen LogP contribution is -2.24. The number of nitriles is 1. The highest BCUT2D eigenvalue weighted by Crippen LogP contribution is 2.21. The summed E-state index contributed by atoms with van der Waals surface area (Å²) in [4.78, 5) is 12.3. The molecule has 1 amide bonds. The first-order chi connectivity index (χ1) is 14.4. The molecule has 0 fully saturated rings. The zero-order valence-corrected chi connectivity index (χ0v) is 18.7. The number of carbonyl (C=O) groups excluding carboxylic acids is 1. The highest BCUT2D eigenvalue weighted by Gasteiger charge is 2.11. The molecule has 0 bridgehead atoms. The van der Waals surface area contributed by atoms with E-state index in [0.29, 0.717) is 29.8 Å². The van der Waals surface area contributed by atoms with Crippen LogP contribution >= 0.6 is 0 Å². The Kier molecular flexibility index (Phi) is 13.9. The number of carbonyl (C=O) groups is 1. The van der Waals surface area contributed by atoms with E-state index in [0.717, 1.165) is 12.0 Å². The molecule has 0 aromatic heterocycles. The lowest BCUT2D eigenvalue weighted by molar-refractivity contribution is 0.0954. The summed E-state index contributed by atoms with van der Waals surface area (Å²) in [5, 5.41) is 21.5. The second kappa shape index (κ2) is 15.6. The van der Waals surface area contributed by atoms with Crippen molar-refractivity contribution >= 4 is 5.91 Å². The van der Waals surface area contributed by atoms with E-state index in [1.54, 1.807) is 36.4 Å². The Balaban J connectivity index is 0.00000154. The summed E-state index contributed by atoms with van der Waals surface area (Å²) in [6.07, 6.45) is 10.2. The van der Waals surface area contributed by atoms with Gasteiger partial charge in [0.25, 0.3) is 5.91 Å². The monoisotopic (exact) mass is 410 g/mol. The zero-order valence-electron chi connectivity index (χ0n) is 18.7. The first-order valence-electron chi connectivity index (χ1n) is 10.2. The Morgan fingerprint density at radius 1 is 1.37 bits per heavy atom. The van der Waals surface area contributed by atoms with Crippen LogP contribution in [-0.2, 0) is 0 Å². The van der Waals surface area contributed by atoms with E-state index < -0.39 is 0 Å². The molecule has 0 radical (unpaired) electrons. The molecule has 1 aromatic rings. The fourth-order valence-corrected chi connectivity index (χ4v) is 2.40. The molecule has 162 valence electrons. The predicted octanol–water partition coefficient (Wildman–Crippen LogP) is 6.01. The van der Waals surface area contributed by atoms with Crippen molar-refractivity contribution in [3.8, 4) is 11.8 Å². The fraction of sp³-hybridized carbons (Fsp3) is 0.360. The minimum Gasteiger partial charge on any atom is -0.508 e. The lowest BCUT2D eigenvalue weighted by atomic mass is 10.1. The molecule has 0 heterocycles. The predicted molar refractivity (Wildman–Crippen MR) is 124 cm³/mol. The number of rotatable bonds is 6. The topological polar surface area (TPSA) is 82.3 Å². The van der Waals surface area contributed by atoms with Crippen LogP contribution in [0.25, 0.3) is 0 Å². The minimum atomic E-state index is -0.226. The van der Waals surface area contributed by atoms with E-state index in [1.807, 2.05) is 46.8 Å². The summed E-state index contributed by atoms with van der Waals surface area (Å²) in [6, 6.07) is 6.91. The summed E-state index contributed by atoms with van der Waals surface area (Å²) in [5.74, 6) is 0.485. The van der Waals surface area contributed by atoms with Crippen LogP contribution in [0.2, 0.25) is 0 Å². The Hall–Kier alpha value is -3.26. The highest BCUT2D eigenvalue weighted by atomic mass is 16.5. The van der Waals surface area contributed by atoms with Crippen LogP contribution in [0.15, 0.2) is 66.5 Å². The van der Waals surface area contributed by atoms with Crippen molar-refractivity contribution in [2.75, 3.05) is 6.54 Å². The number of nitrogens with one attached hydrogen (secondary N) is 1. The van der Waals surface area contributed by atoms with Gasteiger partial charge in [-0.1, -0.05) is 37.6 Å². The maximum absolute atomic E-state index is 12.3. The molecule has 0 saturated carbocycles. The number of hydrogen-bond acceptors (Lipinski definition) is 4. The van der Waals surface area contributed by atoms with Gasteiger partial charge in [-0.3, -0.25) is 4.79 Å². The van der Waals surface area contributed by atoms with Gasteiger partial charge in [-0.2, -0.15) is 5.26 Å². The zero-order chi connectivity index (χ0) is 22.9. The van der Waals surface area contributed by atoms with Gasteiger partial charge in [-0.05, 0) is 64.0 Å². The lowest BCUT2D eigenvalue weighted by Gasteiger charge is -2.12. The van der Waals surface area contributed by atoms with Crippen molar-refractivity contribution < 1.29 is 14.6 Å². The number of nitrogens with zero attached hydrogens (tertiary/aromatic N) is 1. The van der Waals surface area contributed by atoms with Crippen LogP contribution in [0.4, 0.5) is 0 Å². The number of allylic oxidation sites excluding steroid dienone is 5. The van der Waals surface area contributed by atoms with Crippen molar-refractivity contribution in [2.24, 2.45) is 0 Å². The van der Waals surface area contributed by atoms with Gasteiger partial charge in [-0.25, -0.2) is 0 Å². The first-order valence-corrected chi connectivity index (χ1v) is 10.2. The molecular formula is C25H34N2O3. The van der Waals surface area contributed by atoms with Crippen molar-refractivity contribution in [3.63, 3.8) is 0 Å². The normalized spacial score (nSPS) is 11.9. The Labute approximate surface area is 181 Å². The van der Waals surface area contributed by atoms with E-state index in [1.165, 1.54) is 0 Å². The third kappa shape index (κ3) is 10.3. The number of aliphatic hydroxyl groups is 1. The molecule has 0 atom stereocenters. The second-order valence-electron chi connectivity index (χ2n) is 6.43. The molecule has 0 aliphatic heterocycles. The van der Waals surface area contributed by atoms with E-state index in [9.17, 15) is 15.2 Å². The number of benzene rings is 1. The summed E-state index contributed by atoms with van der Waals surface area (Å²) in [5.41, 5.74) is 1.90. The molecular weight excluding hydrogens is 376 g/mol. The first kappa shape index (κ1) is 26.7. The van der Waals surface area contributed by atoms with Gasteiger partial charge in [0.05, 0.1) is 11.7 Å². The maximum atomic E-state index is 12.3. The van der Waals surface area contributed by atoms with Crippen LogP contribution in [0.1, 0.15) is 63.4 Å². The second-order valence-corrected chi connectivity index (χ2v) is 6.43. The summed E-state index contributed by atoms with van der Waals surface area (Å²) in [6.45, 7) is 13.5. The van der Waals surface area contributed by atoms with Gasteiger partial charge in [0.2, 0.25) is 0 Å². The highest BCUT2D eigenvalue weighted by molar-refractivity contribution is 5.94. The Bertz CT molecular complexity index is 812. The maximum Gasteiger partial charge on any atom is 0.251 e. The molecule has 1 aliphatic rings. The number of aliphatic hydroxyl groups excluding tert-OH is 1. The molecule has 5 heteroatoms. The average Bonchev–Trinajstić information content (AvgIpc) is 2.94. The van der Waals surface area contributed by atoms with Crippen molar-refractivity contribution in [1.29, 1.82) is 5.26 Å². The van der Waals surface area contributed by atoms with Crippen LogP contribution in [0.3, 0.4) is 0 Å². The van der Waals surface area contributed by atoms with Gasteiger partial charge in [-0.15, -0.1) is 6.58 Å². The van der Waals surface area contributed by atoms with Gasteiger partial charge < -0.3 is 15.2 Å². The smallest absolute Gasteiger partial charge is 0.251 e. The molecule has 5 nitrogen and oxygen atoms in total. The van der Waals surface area contributed by atoms with Crippen LogP contribution < -0.4 is 10.1 Å². The van der Waals surface area contributed by atoms with Crippen molar-refractivity contribution in [1.82, 2.24) is 5.32 Å². The van der Waals surface area contributed by atoms with E-state index in [2.05, 4.69) is 18.0 Å². The number of amides is 1. The van der Waals surface area contributed by atoms with Crippen LogP contribution in [0.5, 0.6) is 5.75 Å². The standard InChI is InChI=1S/C20H22N2O3.C3H6.C2H6/c1-14(2)25-19-9-7-16(12-17(19)13-21)20(24)22-11-10-15-4-3-5-18(23)8-6-15;1-3-2;1-2/h3,5-9,12,14,23H,4,10-11H2,1-2H3,(H,22,24);3H,1H2,2H3;1-2H3. The third-order valence-electron chi connectivity index (χ3n) is 3.61. The van der Waals surface area contributed by atoms with Crippen molar-refractivity contribution in [3.05, 3.63) is 77.6 Å². The van der Waals surface area contributed by atoms with Gasteiger partial charge in [0, 0.05) is 12.1 Å². The molecule has 2 N–H and O–H groups in total. The third-order valence-corrected chi connectivity index (χ3v) is 3.61. The quantitative estimate of drug-likeness (QED) is 0.562. The summed E-state index contributed by atoms with van der Waals surface area (Å²) >= 11 is 0. The fourth-order valence-electron chi connectivity index (χ4n) is 2.40. The molecule has 0 unspecified atom stereocenters. The molecule has 1 aromatic carbocycles. The van der Waals surface area contributed by atoms with Gasteiger partial charge in [0.1, 0.15) is 17.6 Å². The summed E-state index contributed by atoms with van der Waals surface area (Å²) < 4.78 is 5.56. The van der Waals surface area contributed by atoms with Crippen LogP contribution in [0, 0.1) is 11.3 Å². The molecule has 1 aliphatic carbocycles. The summed E-state index contributed by atoms with van der Waals surface area (Å²) in [7, 11) is 0. The molecule has 0 saturated heterocycles. The van der Waals surface area contributed by atoms with Gasteiger partial charge >= 0.3 is 0 Å². The molecule has 30 heavy (non-hydrogen) atoms. The number of ether oxygens (including phenoxy) is 1. The SMILES string of the molecule is C=CC.CC.CC(C)Oc1ccc(C(=O)NCCC2=CC=C(O)C=CC2)cc1C#N. The van der Waals surface area contributed by atoms with E-state index in [-0.39, 0.29) is 17.8 Å². The largest absolute Gasteiger partial charge is 0.508 e. The van der Waals surface area contributed by atoms with Crippen LogP contribution in [-0.4, -0.2) is 23.7 Å². The Morgan fingerprint density at radius 2 is 2.03 bits per heavy atom. The van der Waals surface area contributed by atoms with E-state index >= 15 is 0 Å². The number of hydrogen-bond donors (Lipinski definition) is 2. The van der Waals surface area contributed by atoms with Gasteiger partial charge in [0.15, 0.2) is 0 Å². The molecule has 2 rings (SSSR count). The Morgan fingerprint density at radius 3 is 2.63 bits per heavy atom. The average molecular weight is 411 g/mol. The van der Waals surface area contributed by atoms with E-state index in [4.69, 9.17) is 4.74 Å². The van der Waals surface area contributed by atoms with Crippen molar-refractivity contribution in [2.45, 2.75) is 53.6 Å².